The Labute approximate surface area is 150 Å². The van der Waals surface area contributed by atoms with E-state index in [0.29, 0.717) is 0 Å². The van der Waals surface area contributed by atoms with E-state index in [2.05, 4.69) is 73.7 Å². The van der Waals surface area contributed by atoms with Gasteiger partial charge in [-0.05, 0) is 35.1 Å². The molecule has 0 aliphatic carbocycles. The minimum absolute atomic E-state index is 0.821. The second-order valence-electron chi connectivity index (χ2n) is 6.32. The molecule has 0 saturated carbocycles. The van der Waals surface area contributed by atoms with E-state index in [0.717, 1.165) is 35.1 Å². The monoisotopic (exact) mass is 325 g/mol. The topological polar surface area (TPSA) is 23.8 Å². The smallest absolute Gasteiger partial charge is 0.100 e. The Morgan fingerprint density at radius 3 is 2.12 bits per heavy atom. The summed E-state index contributed by atoms with van der Waals surface area (Å²) < 4.78 is 0. The van der Waals surface area contributed by atoms with Crippen molar-refractivity contribution >= 4 is 0 Å². The summed E-state index contributed by atoms with van der Waals surface area (Å²) in [6.45, 7) is 2.21. The fourth-order valence-corrected chi connectivity index (χ4v) is 3.32. The SMILES string of the molecule is CCCCCc1cccc(-c2ccccc2-c2ccccc2)c1C#N. The fraction of sp³-hybridized carbons (Fsp3) is 0.208. The molecular formula is C24H23N. The van der Waals surface area contributed by atoms with E-state index in [4.69, 9.17) is 0 Å². The zero-order valence-electron chi connectivity index (χ0n) is 14.7. The van der Waals surface area contributed by atoms with Crippen LogP contribution in [0.25, 0.3) is 22.3 Å². The highest BCUT2D eigenvalue weighted by Crippen LogP contribution is 2.35. The first-order valence-corrected chi connectivity index (χ1v) is 9.02. The van der Waals surface area contributed by atoms with Crippen LogP contribution >= 0.6 is 0 Å². The van der Waals surface area contributed by atoms with Gasteiger partial charge in [0.15, 0.2) is 0 Å². The molecular weight excluding hydrogens is 302 g/mol. The first-order valence-electron chi connectivity index (χ1n) is 9.02. The van der Waals surface area contributed by atoms with Crippen molar-refractivity contribution < 1.29 is 0 Å². The van der Waals surface area contributed by atoms with Crippen LogP contribution in [0.2, 0.25) is 0 Å². The van der Waals surface area contributed by atoms with Gasteiger partial charge in [-0.2, -0.15) is 5.26 Å². The number of rotatable bonds is 6. The Balaban J connectivity index is 2.09. The molecule has 1 nitrogen and oxygen atoms in total. The number of unbranched alkanes of at least 4 members (excludes halogenated alkanes) is 2. The molecule has 3 aromatic carbocycles. The maximum Gasteiger partial charge on any atom is 0.100 e. The molecule has 0 aromatic heterocycles. The van der Waals surface area contributed by atoms with Crippen LogP contribution in [-0.4, -0.2) is 0 Å². The average Bonchev–Trinajstić information content (AvgIpc) is 2.68. The van der Waals surface area contributed by atoms with Crippen molar-refractivity contribution in [3.05, 3.63) is 83.9 Å². The minimum atomic E-state index is 0.821. The van der Waals surface area contributed by atoms with E-state index in [1.54, 1.807) is 0 Å². The van der Waals surface area contributed by atoms with Crippen molar-refractivity contribution in [3.8, 4) is 28.3 Å². The summed E-state index contributed by atoms with van der Waals surface area (Å²) in [5, 5.41) is 9.83. The molecule has 0 bridgehead atoms. The molecule has 0 spiro atoms. The number of nitriles is 1. The molecule has 1 heteroatoms. The van der Waals surface area contributed by atoms with Crippen molar-refractivity contribution in [2.75, 3.05) is 0 Å². The molecule has 0 N–H and O–H groups in total. The average molecular weight is 325 g/mol. The summed E-state index contributed by atoms with van der Waals surface area (Å²) in [4.78, 5) is 0. The van der Waals surface area contributed by atoms with Crippen LogP contribution in [0.1, 0.15) is 37.3 Å². The summed E-state index contributed by atoms with van der Waals surface area (Å²) in [6, 6.07) is 27.5. The molecule has 0 aliphatic heterocycles. The van der Waals surface area contributed by atoms with E-state index >= 15 is 0 Å². The van der Waals surface area contributed by atoms with Crippen LogP contribution in [0.5, 0.6) is 0 Å². The molecule has 0 atom stereocenters. The lowest BCUT2D eigenvalue weighted by Crippen LogP contribution is -1.95. The van der Waals surface area contributed by atoms with E-state index in [1.165, 1.54) is 24.0 Å². The first-order chi connectivity index (χ1) is 12.3. The van der Waals surface area contributed by atoms with Gasteiger partial charge in [0.2, 0.25) is 0 Å². The Bertz CT molecular complexity index is 872. The highest BCUT2D eigenvalue weighted by Gasteiger charge is 2.13. The van der Waals surface area contributed by atoms with Crippen molar-refractivity contribution in [1.29, 1.82) is 5.26 Å². The normalized spacial score (nSPS) is 10.4. The summed E-state index contributed by atoms with van der Waals surface area (Å²) in [7, 11) is 0. The third-order valence-corrected chi connectivity index (χ3v) is 4.61. The maximum absolute atomic E-state index is 9.83. The van der Waals surface area contributed by atoms with Crippen LogP contribution in [0.15, 0.2) is 72.8 Å². The quantitative estimate of drug-likeness (QED) is 0.467. The molecule has 0 unspecified atom stereocenters. The second-order valence-corrected chi connectivity index (χ2v) is 6.32. The van der Waals surface area contributed by atoms with Crippen molar-refractivity contribution in [1.82, 2.24) is 0 Å². The molecule has 0 heterocycles. The number of hydrogen-bond acceptors (Lipinski definition) is 1. The van der Waals surface area contributed by atoms with E-state index in [9.17, 15) is 5.26 Å². The Hall–Kier alpha value is -2.85. The van der Waals surface area contributed by atoms with Gasteiger partial charge in [-0.15, -0.1) is 0 Å². The highest BCUT2D eigenvalue weighted by molar-refractivity contribution is 5.86. The van der Waals surface area contributed by atoms with Gasteiger partial charge in [0.1, 0.15) is 6.07 Å². The highest BCUT2D eigenvalue weighted by atomic mass is 14.3. The van der Waals surface area contributed by atoms with Crippen LogP contribution in [0, 0.1) is 11.3 Å². The number of aryl methyl sites for hydroxylation is 1. The summed E-state index contributed by atoms with van der Waals surface area (Å²) in [6.07, 6.45) is 4.50. The van der Waals surface area contributed by atoms with E-state index < -0.39 is 0 Å². The van der Waals surface area contributed by atoms with Gasteiger partial charge >= 0.3 is 0 Å². The van der Waals surface area contributed by atoms with Gasteiger partial charge in [0.05, 0.1) is 5.56 Å². The Morgan fingerprint density at radius 1 is 0.720 bits per heavy atom. The molecule has 0 aliphatic rings. The van der Waals surface area contributed by atoms with Crippen LogP contribution in [-0.2, 0) is 6.42 Å². The molecule has 3 aromatic rings. The third-order valence-electron chi connectivity index (χ3n) is 4.61. The van der Waals surface area contributed by atoms with Crippen molar-refractivity contribution in [3.63, 3.8) is 0 Å². The standard InChI is InChI=1S/C24H23N/c1-2-3-5-11-20-14-10-17-23(24(20)18-25)22-16-9-8-15-21(22)19-12-6-4-7-13-19/h4,6-10,12-17H,2-3,5,11H2,1H3. The zero-order valence-corrected chi connectivity index (χ0v) is 14.7. The number of nitrogens with zero attached hydrogens (tertiary/aromatic N) is 1. The van der Waals surface area contributed by atoms with E-state index in [-0.39, 0.29) is 0 Å². The second kappa shape index (κ2) is 8.31. The Morgan fingerprint density at radius 2 is 1.40 bits per heavy atom. The van der Waals surface area contributed by atoms with Gasteiger partial charge in [0.25, 0.3) is 0 Å². The molecule has 0 radical (unpaired) electrons. The molecule has 0 saturated heterocycles. The van der Waals surface area contributed by atoms with Gasteiger partial charge in [-0.25, -0.2) is 0 Å². The van der Waals surface area contributed by atoms with Crippen molar-refractivity contribution in [2.24, 2.45) is 0 Å². The first kappa shape index (κ1) is 17.0. The fourth-order valence-electron chi connectivity index (χ4n) is 3.32. The molecule has 0 fully saturated rings. The Kier molecular flexibility index (Phi) is 5.65. The van der Waals surface area contributed by atoms with Gasteiger partial charge in [0, 0.05) is 5.56 Å². The summed E-state index contributed by atoms with van der Waals surface area (Å²) in [5.41, 5.74) is 6.50. The largest absolute Gasteiger partial charge is 0.192 e. The lowest BCUT2D eigenvalue weighted by Gasteiger charge is -2.14. The number of benzene rings is 3. The number of hydrogen-bond donors (Lipinski definition) is 0. The van der Waals surface area contributed by atoms with E-state index in [1.807, 2.05) is 12.1 Å². The predicted octanol–water partition coefficient (Wildman–Crippen LogP) is 6.62. The van der Waals surface area contributed by atoms with Crippen molar-refractivity contribution in [2.45, 2.75) is 32.6 Å². The maximum atomic E-state index is 9.83. The minimum Gasteiger partial charge on any atom is -0.192 e. The molecule has 3 rings (SSSR count). The molecule has 124 valence electrons. The van der Waals surface area contributed by atoms with Gasteiger partial charge < -0.3 is 0 Å². The van der Waals surface area contributed by atoms with Gasteiger partial charge in [-0.1, -0.05) is 92.6 Å². The lowest BCUT2D eigenvalue weighted by molar-refractivity contribution is 0.717. The zero-order chi connectivity index (χ0) is 17.5. The van der Waals surface area contributed by atoms with Crippen LogP contribution < -0.4 is 0 Å². The third kappa shape index (κ3) is 3.80. The molecule has 25 heavy (non-hydrogen) atoms. The predicted molar refractivity (Wildman–Crippen MR) is 105 cm³/mol. The van der Waals surface area contributed by atoms with Gasteiger partial charge in [-0.3, -0.25) is 0 Å². The van der Waals surface area contributed by atoms with Crippen LogP contribution in [0.3, 0.4) is 0 Å². The lowest BCUT2D eigenvalue weighted by atomic mass is 9.89. The summed E-state index contributed by atoms with van der Waals surface area (Å²) in [5.74, 6) is 0. The van der Waals surface area contributed by atoms with Crippen LogP contribution in [0.4, 0.5) is 0 Å². The molecule has 0 amide bonds. The summed E-state index contributed by atoms with van der Waals surface area (Å²) >= 11 is 0.